The Balaban J connectivity index is 1.64. The van der Waals surface area contributed by atoms with Crippen LogP contribution in [0.25, 0.3) is 0 Å². The normalized spacial score (nSPS) is 35.7. The van der Waals surface area contributed by atoms with Crippen molar-refractivity contribution in [2.75, 3.05) is 0 Å². The van der Waals surface area contributed by atoms with Gasteiger partial charge in [0, 0.05) is 40.4 Å². The number of rotatable bonds is 4. The van der Waals surface area contributed by atoms with Gasteiger partial charge in [0.25, 0.3) is 0 Å². The van der Waals surface area contributed by atoms with E-state index in [9.17, 15) is 10.1 Å². The Hall–Kier alpha value is -2.94. The lowest BCUT2D eigenvalue weighted by Gasteiger charge is -2.68. The summed E-state index contributed by atoms with van der Waals surface area (Å²) in [5, 5.41) is 12.8. The molecule has 0 radical (unpaired) electrons. The predicted molar refractivity (Wildman–Crippen MR) is 122 cm³/mol. The van der Waals surface area contributed by atoms with E-state index in [1.807, 2.05) is 18.2 Å². The zero-order valence-electron chi connectivity index (χ0n) is 17.7. The highest BCUT2D eigenvalue weighted by molar-refractivity contribution is 5.45. The summed E-state index contributed by atoms with van der Waals surface area (Å²) in [6, 6.07) is 32.0. The van der Waals surface area contributed by atoms with Crippen LogP contribution in [0.1, 0.15) is 55.2 Å². The Bertz CT molecular complexity index is 983. The van der Waals surface area contributed by atoms with Gasteiger partial charge >= 0.3 is 0 Å². The molecule has 0 N–H and O–H groups in total. The quantitative estimate of drug-likeness (QED) is 0.380. The first-order valence-electron chi connectivity index (χ1n) is 11.3. The molecule has 0 spiro atoms. The third-order valence-corrected chi connectivity index (χ3v) is 8.58. The molecule has 0 unspecified atom stereocenters. The Morgan fingerprint density at radius 2 is 0.806 bits per heavy atom. The highest BCUT2D eigenvalue weighted by Crippen LogP contribution is 2.72. The van der Waals surface area contributed by atoms with Gasteiger partial charge in [-0.1, -0.05) is 91.0 Å². The lowest BCUT2D eigenvalue weighted by Crippen LogP contribution is -2.70. The summed E-state index contributed by atoms with van der Waals surface area (Å²) in [5.74, 6) is 0. The van der Waals surface area contributed by atoms with E-state index < -0.39 is 5.54 Å². The minimum absolute atomic E-state index is 0.0948. The molecule has 0 saturated heterocycles. The minimum atomic E-state index is -0.879. The fourth-order valence-electron chi connectivity index (χ4n) is 8.07. The maximum absolute atomic E-state index is 12.8. The van der Waals surface area contributed by atoms with Gasteiger partial charge < -0.3 is 0 Å². The fourth-order valence-corrected chi connectivity index (χ4v) is 8.07. The van der Waals surface area contributed by atoms with Crippen molar-refractivity contribution in [2.24, 2.45) is 0 Å². The summed E-state index contributed by atoms with van der Waals surface area (Å²) < 4.78 is 0. The van der Waals surface area contributed by atoms with E-state index >= 15 is 0 Å². The minimum Gasteiger partial charge on any atom is -0.264 e. The average Bonchev–Trinajstić information content (AvgIpc) is 2.80. The Morgan fingerprint density at radius 1 is 0.516 bits per heavy atom. The maximum Gasteiger partial charge on any atom is 0.224 e. The predicted octanol–water partition coefficient (Wildman–Crippen LogP) is 6.20. The third kappa shape index (κ3) is 2.59. The van der Waals surface area contributed by atoms with Gasteiger partial charge in [0.15, 0.2) is 0 Å². The van der Waals surface area contributed by atoms with Crippen molar-refractivity contribution in [1.82, 2.24) is 0 Å². The molecule has 3 aromatic carbocycles. The lowest BCUT2D eigenvalue weighted by atomic mass is 9.34. The smallest absolute Gasteiger partial charge is 0.224 e. The average molecular weight is 410 g/mol. The van der Waals surface area contributed by atoms with E-state index in [2.05, 4.69) is 72.8 Å². The molecule has 0 heterocycles. The Kier molecular flexibility index (Phi) is 3.81. The molecule has 156 valence electrons. The zero-order valence-corrected chi connectivity index (χ0v) is 17.7. The van der Waals surface area contributed by atoms with E-state index in [0.717, 1.165) is 19.3 Å². The summed E-state index contributed by atoms with van der Waals surface area (Å²) in [7, 11) is 0. The first kappa shape index (κ1) is 18.8. The van der Waals surface area contributed by atoms with Gasteiger partial charge in [-0.15, -0.1) is 0 Å². The summed E-state index contributed by atoms with van der Waals surface area (Å²) in [4.78, 5) is 12.9. The molecule has 4 aliphatic carbocycles. The number of nitrogens with zero attached hydrogens (tertiary/aromatic N) is 1. The van der Waals surface area contributed by atoms with Crippen LogP contribution in [0, 0.1) is 10.1 Å². The molecule has 4 fully saturated rings. The highest BCUT2D eigenvalue weighted by atomic mass is 16.6. The fraction of sp³-hybridized carbons (Fsp3) is 0.357. The van der Waals surface area contributed by atoms with Crippen molar-refractivity contribution in [3.63, 3.8) is 0 Å². The molecule has 0 atom stereocenters. The number of nitro groups is 1. The van der Waals surface area contributed by atoms with Crippen molar-refractivity contribution in [1.29, 1.82) is 0 Å². The van der Waals surface area contributed by atoms with Gasteiger partial charge in [-0.05, 0) is 36.0 Å². The molecule has 3 aromatic rings. The van der Waals surface area contributed by atoms with Gasteiger partial charge in [-0.3, -0.25) is 10.1 Å². The van der Waals surface area contributed by atoms with Crippen LogP contribution in [-0.2, 0) is 16.2 Å². The molecule has 3 heteroatoms. The lowest BCUT2D eigenvalue weighted by molar-refractivity contribution is -0.591. The summed E-state index contributed by atoms with van der Waals surface area (Å²) in [5.41, 5.74) is 2.44. The molecule has 4 bridgehead atoms. The topological polar surface area (TPSA) is 43.1 Å². The van der Waals surface area contributed by atoms with Gasteiger partial charge in [0.1, 0.15) is 0 Å². The number of hydrogen-bond acceptors (Lipinski definition) is 2. The standard InChI is InChI=1S/C28H27NO2/c30-29(31)28-19-25(22-10-4-1-5-11-22)16-26(20-28,23-12-6-2-7-13-23)18-27(17-25,21-28)24-14-8-3-9-15-24/h1-15H,16-21H2. The molecule has 0 amide bonds. The Morgan fingerprint density at radius 3 is 1.06 bits per heavy atom. The molecule has 4 saturated carbocycles. The SMILES string of the molecule is O=[N+]([O-])C12CC3(c4ccccc4)CC(c4ccccc4)(CC(c4ccccc4)(C3)C1)C2. The second-order valence-electron chi connectivity index (χ2n) is 10.5. The monoisotopic (exact) mass is 409 g/mol. The highest BCUT2D eigenvalue weighted by Gasteiger charge is 2.73. The van der Waals surface area contributed by atoms with E-state index in [1.165, 1.54) is 16.7 Å². The van der Waals surface area contributed by atoms with Crippen LogP contribution in [0.3, 0.4) is 0 Å². The largest absolute Gasteiger partial charge is 0.264 e. The van der Waals surface area contributed by atoms with Crippen molar-refractivity contribution < 1.29 is 4.92 Å². The van der Waals surface area contributed by atoms with E-state index in [4.69, 9.17) is 0 Å². The maximum atomic E-state index is 12.8. The molecule has 7 rings (SSSR count). The van der Waals surface area contributed by atoms with Crippen molar-refractivity contribution in [2.45, 2.75) is 60.3 Å². The van der Waals surface area contributed by atoms with E-state index in [1.54, 1.807) is 0 Å². The summed E-state index contributed by atoms with van der Waals surface area (Å²) in [6.45, 7) is 0. The Labute approximate surface area is 183 Å². The van der Waals surface area contributed by atoms with Gasteiger partial charge in [-0.25, -0.2) is 0 Å². The van der Waals surface area contributed by atoms with Crippen molar-refractivity contribution >= 4 is 0 Å². The molecule has 4 aliphatic rings. The van der Waals surface area contributed by atoms with Crippen molar-refractivity contribution in [3.05, 3.63) is 118 Å². The van der Waals surface area contributed by atoms with Crippen LogP contribution < -0.4 is 0 Å². The third-order valence-electron chi connectivity index (χ3n) is 8.58. The number of hydrogen-bond donors (Lipinski definition) is 0. The van der Waals surface area contributed by atoms with Crippen LogP contribution in [0.5, 0.6) is 0 Å². The summed E-state index contributed by atoms with van der Waals surface area (Å²) >= 11 is 0. The van der Waals surface area contributed by atoms with E-state index in [-0.39, 0.29) is 21.2 Å². The molecular formula is C28H27NO2. The second kappa shape index (κ2) is 6.29. The van der Waals surface area contributed by atoms with Gasteiger partial charge in [0.05, 0.1) is 0 Å². The molecule has 3 nitrogen and oxygen atoms in total. The van der Waals surface area contributed by atoms with E-state index in [0.29, 0.717) is 19.3 Å². The number of benzene rings is 3. The summed E-state index contributed by atoms with van der Waals surface area (Å²) in [6.07, 6.45) is 4.95. The molecule has 0 aromatic heterocycles. The van der Waals surface area contributed by atoms with Crippen LogP contribution >= 0.6 is 0 Å². The molecular weight excluding hydrogens is 382 g/mol. The second-order valence-corrected chi connectivity index (χ2v) is 10.5. The van der Waals surface area contributed by atoms with Crippen LogP contribution in [0.2, 0.25) is 0 Å². The zero-order chi connectivity index (χ0) is 21.2. The molecule has 0 aliphatic heterocycles. The molecule has 31 heavy (non-hydrogen) atoms. The first-order chi connectivity index (χ1) is 15.0. The van der Waals surface area contributed by atoms with Crippen LogP contribution in [-0.4, -0.2) is 10.5 Å². The first-order valence-corrected chi connectivity index (χ1v) is 11.3. The van der Waals surface area contributed by atoms with Crippen LogP contribution in [0.4, 0.5) is 0 Å². The van der Waals surface area contributed by atoms with Gasteiger partial charge in [0.2, 0.25) is 5.54 Å². The van der Waals surface area contributed by atoms with Gasteiger partial charge in [-0.2, -0.15) is 0 Å². The van der Waals surface area contributed by atoms with Crippen molar-refractivity contribution in [3.8, 4) is 0 Å². The van der Waals surface area contributed by atoms with Crippen LogP contribution in [0.15, 0.2) is 91.0 Å².